The third kappa shape index (κ3) is 3.28. The second-order valence-corrected chi connectivity index (χ2v) is 4.22. The molecule has 2 N–H and O–H groups in total. The molecule has 8 heteroatoms. The molecule has 1 aliphatic heterocycles. The van der Waals surface area contributed by atoms with Crippen molar-refractivity contribution in [3.05, 3.63) is 16.4 Å². The van der Waals surface area contributed by atoms with Crippen molar-refractivity contribution in [2.75, 3.05) is 30.3 Å². The van der Waals surface area contributed by atoms with Crippen molar-refractivity contribution in [1.82, 2.24) is 9.97 Å². The van der Waals surface area contributed by atoms with Crippen LogP contribution in [0.5, 0.6) is 0 Å². The molecule has 0 amide bonds. The Bertz CT molecular complexity index is 448. The third-order valence-electron chi connectivity index (χ3n) is 2.87. The van der Waals surface area contributed by atoms with Crippen LogP contribution in [0.25, 0.3) is 0 Å². The number of rotatable bonds is 6. The van der Waals surface area contributed by atoms with Gasteiger partial charge in [0, 0.05) is 19.7 Å². The predicted molar refractivity (Wildman–Crippen MR) is 70.3 cm³/mol. The standard InChI is InChI=1S/C11H17N5O3/c1-2-12-10-9(16(17)18)11(15-7-14-10)13-6-8-4-3-5-19-8/h7-8H,2-6H2,1H3,(H2,12,13,14,15). The van der Waals surface area contributed by atoms with Crippen LogP contribution in [0.3, 0.4) is 0 Å². The summed E-state index contributed by atoms with van der Waals surface area (Å²) < 4.78 is 5.46. The molecule has 0 bridgehead atoms. The first kappa shape index (κ1) is 13.5. The SMILES string of the molecule is CCNc1ncnc(NCC2CCCO2)c1[N+](=O)[O-]. The van der Waals surface area contributed by atoms with Crippen molar-refractivity contribution in [2.45, 2.75) is 25.9 Å². The van der Waals surface area contributed by atoms with Gasteiger partial charge in [-0.25, -0.2) is 9.97 Å². The fourth-order valence-electron chi connectivity index (χ4n) is 1.99. The maximum atomic E-state index is 11.1. The van der Waals surface area contributed by atoms with Crippen LogP contribution in [0.15, 0.2) is 6.33 Å². The first-order valence-electron chi connectivity index (χ1n) is 6.31. The smallest absolute Gasteiger partial charge is 0.353 e. The van der Waals surface area contributed by atoms with Gasteiger partial charge in [0.05, 0.1) is 11.0 Å². The summed E-state index contributed by atoms with van der Waals surface area (Å²) in [4.78, 5) is 18.5. The second kappa shape index (κ2) is 6.28. The molecule has 0 aromatic carbocycles. The van der Waals surface area contributed by atoms with Gasteiger partial charge in [-0.3, -0.25) is 10.1 Å². The minimum atomic E-state index is -0.476. The number of aromatic nitrogens is 2. The van der Waals surface area contributed by atoms with Crippen LogP contribution in [-0.4, -0.2) is 40.7 Å². The van der Waals surface area contributed by atoms with Gasteiger partial charge in [0.2, 0.25) is 11.6 Å². The van der Waals surface area contributed by atoms with Crippen molar-refractivity contribution in [3.8, 4) is 0 Å². The van der Waals surface area contributed by atoms with Crippen LogP contribution in [0.4, 0.5) is 17.3 Å². The van der Waals surface area contributed by atoms with Crippen LogP contribution in [0, 0.1) is 10.1 Å². The highest BCUT2D eigenvalue weighted by Crippen LogP contribution is 2.28. The Morgan fingerprint density at radius 1 is 1.47 bits per heavy atom. The highest BCUT2D eigenvalue weighted by Gasteiger charge is 2.24. The normalized spacial score (nSPS) is 18.3. The molecular weight excluding hydrogens is 250 g/mol. The molecule has 1 aliphatic rings. The van der Waals surface area contributed by atoms with Crippen molar-refractivity contribution < 1.29 is 9.66 Å². The Balaban J connectivity index is 2.13. The van der Waals surface area contributed by atoms with Gasteiger partial charge in [-0.15, -0.1) is 0 Å². The number of ether oxygens (including phenoxy) is 1. The number of anilines is 2. The van der Waals surface area contributed by atoms with Crippen molar-refractivity contribution in [1.29, 1.82) is 0 Å². The predicted octanol–water partition coefficient (Wildman–Crippen LogP) is 1.41. The maximum Gasteiger partial charge on any atom is 0.353 e. The van der Waals surface area contributed by atoms with E-state index in [4.69, 9.17) is 4.74 Å². The number of hydrogen-bond acceptors (Lipinski definition) is 7. The molecule has 1 aromatic rings. The Hall–Kier alpha value is -1.96. The Morgan fingerprint density at radius 3 is 2.79 bits per heavy atom. The average Bonchev–Trinajstić information content (AvgIpc) is 2.89. The van der Waals surface area contributed by atoms with E-state index in [2.05, 4.69) is 20.6 Å². The first-order chi connectivity index (χ1) is 9.22. The van der Waals surface area contributed by atoms with Gasteiger partial charge in [-0.2, -0.15) is 0 Å². The average molecular weight is 267 g/mol. The van der Waals surface area contributed by atoms with E-state index in [-0.39, 0.29) is 23.4 Å². The monoisotopic (exact) mass is 267 g/mol. The molecule has 1 aromatic heterocycles. The van der Waals surface area contributed by atoms with Gasteiger partial charge in [-0.05, 0) is 19.8 Å². The molecule has 2 rings (SSSR count). The zero-order valence-corrected chi connectivity index (χ0v) is 10.8. The van der Waals surface area contributed by atoms with Crippen molar-refractivity contribution in [3.63, 3.8) is 0 Å². The molecule has 8 nitrogen and oxygen atoms in total. The largest absolute Gasteiger partial charge is 0.376 e. The fraction of sp³-hybridized carbons (Fsp3) is 0.636. The van der Waals surface area contributed by atoms with E-state index in [9.17, 15) is 10.1 Å². The van der Waals surface area contributed by atoms with Crippen molar-refractivity contribution >= 4 is 17.3 Å². The van der Waals surface area contributed by atoms with Gasteiger partial charge in [0.25, 0.3) is 0 Å². The van der Waals surface area contributed by atoms with Crippen LogP contribution in [0.2, 0.25) is 0 Å². The molecule has 19 heavy (non-hydrogen) atoms. The van der Waals surface area contributed by atoms with E-state index in [1.54, 1.807) is 0 Å². The zero-order chi connectivity index (χ0) is 13.7. The summed E-state index contributed by atoms with van der Waals surface area (Å²) in [5.74, 6) is 0.462. The topological polar surface area (TPSA) is 102 Å². The summed E-state index contributed by atoms with van der Waals surface area (Å²) in [5, 5.41) is 17.0. The van der Waals surface area contributed by atoms with Gasteiger partial charge < -0.3 is 15.4 Å². The number of nitrogens with one attached hydrogen (secondary N) is 2. The van der Waals surface area contributed by atoms with Gasteiger partial charge in [0.1, 0.15) is 6.33 Å². The van der Waals surface area contributed by atoms with Crippen molar-refractivity contribution in [2.24, 2.45) is 0 Å². The Kier molecular flexibility index (Phi) is 4.45. The summed E-state index contributed by atoms with van der Waals surface area (Å²) in [6, 6.07) is 0. The fourth-order valence-corrected chi connectivity index (χ4v) is 1.99. The molecule has 0 radical (unpaired) electrons. The lowest BCUT2D eigenvalue weighted by Crippen LogP contribution is -2.20. The lowest BCUT2D eigenvalue weighted by molar-refractivity contribution is -0.383. The zero-order valence-electron chi connectivity index (χ0n) is 10.8. The molecule has 0 saturated carbocycles. The molecule has 0 spiro atoms. The van der Waals surface area contributed by atoms with Gasteiger partial charge >= 0.3 is 5.69 Å². The number of nitrogens with zero attached hydrogens (tertiary/aromatic N) is 3. The van der Waals surface area contributed by atoms with E-state index < -0.39 is 4.92 Å². The van der Waals surface area contributed by atoms with E-state index in [0.29, 0.717) is 13.1 Å². The molecule has 1 unspecified atom stereocenters. The summed E-state index contributed by atoms with van der Waals surface area (Å²) >= 11 is 0. The van der Waals surface area contributed by atoms with Crippen LogP contribution in [-0.2, 0) is 4.74 Å². The van der Waals surface area contributed by atoms with E-state index >= 15 is 0 Å². The summed E-state index contributed by atoms with van der Waals surface area (Å²) in [5.41, 5.74) is -0.123. The molecule has 1 fully saturated rings. The minimum Gasteiger partial charge on any atom is -0.376 e. The highest BCUT2D eigenvalue weighted by atomic mass is 16.6. The number of nitro groups is 1. The maximum absolute atomic E-state index is 11.1. The Morgan fingerprint density at radius 2 is 2.21 bits per heavy atom. The highest BCUT2D eigenvalue weighted by molar-refractivity contribution is 5.69. The molecular formula is C11H17N5O3. The molecule has 1 atom stereocenters. The molecule has 0 aliphatic carbocycles. The lowest BCUT2D eigenvalue weighted by Gasteiger charge is -2.12. The quantitative estimate of drug-likeness (QED) is 0.593. The number of hydrogen-bond donors (Lipinski definition) is 2. The van der Waals surface area contributed by atoms with E-state index in [1.807, 2.05) is 6.92 Å². The molecule has 2 heterocycles. The van der Waals surface area contributed by atoms with Crippen LogP contribution in [0.1, 0.15) is 19.8 Å². The lowest BCUT2D eigenvalue weighted by atomic mass is 10.2. The van der Waals surface area contributed by atoms with E-state index in [1.165, 1.54) is 6.33 Å². The molecule has 1 saturated heterocycles. The summed E-state index contributed by atoms with van der Waals surface area (Å²) in [6.07, 6.45) is 3.40. The van der Waals surface area contributed by atoms with Gasteiger partial charge in [-0.1, -0.05) is 0 Å². The van der Waals surface area contributed by atoms with E-state index in [0.717, 1.165) is 19.4 Å². The van der Waals surface area contributed by atoms with Crippen LogP contribution >= 0.6 is 0 Å². The summed E-state index contributed by atoms with van der Waals surface area (Å²) in [7, 11) is 0. The Labute approximate surface area is 110 Å². The second-order valence-electron chi connectivity index (χ2n) is 4.22. The minimum absolute atomic E-state index is 0.0946. The van der Waals surface area contributed by atoms with Crippen LogP contribution < -0.4 is 10.6 Å². The third-order valence-corrected chi connectivity index (χ3v) is 2.87. The first-order valence-corrected chi connectivity index (χ1v) is 6.31. The summed E-state index contributed by atoms with van der Waals surface area (Å²) in [6.45, 7) is 3.68. The molecule has 104 valence electrons. The van der Waals surface area contributed by atoms with Gasteiger partial charge in [0.15, 0.2) is 0 Å².